The third-order valence-electron chi connectivity index (χ3n) is 2.48. The second-order valence-electron chi connectivity index (χ2n) is 4.79. The van der Waals surface area contributed by atoms with Crippen molar-refractivity contribution in [1.29, 1.82) is 0 Å². The zero-order valence-electron chi connectivity index (χ0n) is 11.6. The summed E-state index contributed by atoms with van der Waals surface area (Å²) in [6.45, 7) is 3.71. The molecule has 0 radical (unpaired) electrons. The van der Waals surface area contributed by atoms with E-state index in [1.54, 1.807) is 0 Å². The Morgan fingerprint density at radius 1 is 1.38 bits per heavy atom. The summed E-state index contributed by atoms with van der Waals surface area (Å²) in [4.78, 5) is 24.7. The van der Waals surface area contributed by atoms with Gasteiger partial charge in [-0.1, -0.05) is 13.8 Å². The summed E-state index contributed by atoms with van der Waals surface area (Å²) in [6.07, 6.45) is -3.05. The minimum absolute atomic E-state index is 0.0498. The van der Waals surface area contributed by atoms with Gasteiger partial charge in [-0.2, -0.15) is 13.2 Å². The van der Waals surface area contributed by atoms with Gasteiger partial charge in [0.25, 0.3) is 0 Å². The SMILES string of the molecule is CC(C)CCOc1c[nH]c(COC(=O)C(F)(F)F)cc1=O. The Morgan fingerprint density at radius 3 is 2.57 bits per heavy atom. The molecule has 1 aromatic heterocycles. The molecule has 1 N–H and O–H groups in total. The Labute approximate surface area is 119 Å². The number of H-pyrrole nitrogens is 1. The molecule has 0 aliphatic rings. The molecule has 0 aromatic carbocycles. The van der Waals surface area contributed by atoms with Gasteiger partial charge in [0.15, 0.2) is 5.75 Å². The van der Waals surface area contributed by atoms with Crippen LogP contribution in [0.4, 0.5) is 13.2 Å². The van der Waals surface area contributed by atoms with Gasteiger partial charge in [-0.3, -0.25) is 4.79 Å². The number of halogens is 3. The maximum Gasteiger partial charge on any atom is 0.490 e. The number of hydrogen-bond donors (Lipinski definition) is 1. The Morgan fingerprint density at radius 2 is 2.05 bits per heavy atom. The summed E-state index contributed by atoms with van der Waals surface area (Å²) in [6, 6.07) is 1.04. The summed E-state index contributed by atoms with van der Waals surface area (Å²) >= 11 is 0. The Hall–Kier alpha value is -1.99. The topological polar surface area (TPSA) is 68.4 Å². The monoisotopic (exact) mass is 307 g/mol. The van der Waals surface area contributed by atoms with Gasteiger partial charge in [-0.15, -0.1) is 0 Å². The van der Waals surface area contributed by atoms with Crippen LogP contribution in [0, 0.1) is 5.92 Å². The van der Waals surface area contributed by atoms with Crippen molar-refractivity contribution in [1.82, 2.24) is 4.98 Å². The molecule has 0 saturated heterocycles. The summed E-state index contributed by atoms with van der Waals surface area (Å²) in [5.41, 5.74) is -0.440. The first-order chi connectivity index (χ1) is 9.70. The Bertz CT molecular complexity index is 537. The van der Waals surface area contributed by atoms with E-state index < -0.39 is 24.2 Å². The number of carbonyl (C=O) groups is 1. The third-order valence-corrected chi connectivity index (χ3v) is 2.48. The minimum Gasteiger partial charge on any atom is -0.488 e. The average Bonchev–Trinajstić information content (AvgIpc) is 2.36. The molecule has 21 heavy (non-hydrogen) atoms. The van der Waals surface area contributed by atoms with Crippen LogP contribution in [-0.2, 0) is 16.1 Å². The lowest BCUT2D eigenvalue weighted by molar-refractivity contribution is -0.201. The number of ether oxygens (including phenoxy) is 2. The van der Waals surface area contributed by atoms with Crippen LogP contribution in [0.1, 0.15) is 26.0 Å². The first-order valence-electron chi connectivity index (χ1n) is 6.28. The molecule has 8 heteroatoms. The van der Waals surface area contributed by atoms with Gasteiger partial charge in [-0.05, 0) is 12.3 Å². The number of alkyl halides is 3. The predicted octanol–water partition coefficient (Wildman–Crippen LogP) is 2.41. The van der Waals surface area contributed by atoms with Crippen LogP contribution in [0.25, 0.3) is 0 Å². The molecule has 5 nitrogen and oxygen atoms in total. The molecular weight excluding hydrogens is 291 g/mol. The molecule has 1 heterocycles. The lowest BCUT2D eigenvalue weighted by Crippen LogP contribution is -2.25. The number of aromatic nitrogens is 1. The summed E-state index contributed by atoms with van der Waals surface area (Å²) < 4.78 is 45.1. The maximum atomic E-state index is 11.9. The smallest absolute Gasteiger partial charge is 0.488 e. The Balaban J connectivity index is 2.58. The van der Waals surface area contributed by atoms with Gasteiger partial charge >= 0.3 is 12.1 Å². The van der Waals surface area contributed by atoms with E-state index in [2.05, 4.69) is 9.72 Å². The number of carbonyl (C=O) groups excluding carboxylic acids is 1. The fraction of sp³-hybridized carbons (Fsp3) is 0.538. The summed E-state index contributed by atoms with van der Waals surface area (Å²) in [5, 5.41) is 0. The van der Waals surface area contributed by atoms with Crippen LogP contribution in [-0.4, -0.2) is 23.7 Å². The van der Waals surface area contributed by atoms with Gasteiger partial charge in [0, 0.05) is 12.3 Å². The van der Waals surface area contributed by atoms with Crippen molar-refractivity contribution in [2.45, 2.75) is 33.1 Å². The van der Waals surface area contributed by atoms with Crippen molar-refractivity contribution in [2.75, 3.05) is 6.61 Å². The van der Waals surface area contributed by atoms with Gasteiger partial charge in [0.1, 0.15) is 6.61 Å². The fourth-order valence-electron chi connectivity index (χ4n) is 1.33. The van der Waals surface area contributed by atoms with Crippen LogP contribution in [0.3, 0.4) is 0 Å². The molecule has 0 saturated carbocycles. The van der Waals surface area contributed by atoms with E-state index in [1.807, 2.05) is 13.8 Å². The minimum atomic E-state index is -5.06. The lowest BCUT2D eigenvalue weighted by Gasteiger charge is -2.09. The molecular formula is C13H16F3NO4. The molecule has 0 aliphatic carbocycles. The largest absolute Gasteiger partial charge is 0.490 e. The van der Waals surface area contributed by atoms with Crippen LogP contribution >= 0.6 is 0 Å². The number of pyridine rings is 1. The molecule has 0 fully saturated rings. The Kier molecular flexibility index (Phi) is 5.80. The number of rotatable bonds is 6. The first kappa shape index (κ1) is 17.1. The van der Waals surface area contributed by atoms with Crippen molar-refractivity contribution in [3.05, 3.63) is 28.2 Å². The number of esters is 1. The second kappa shape index (κ2) is 7.14. The van der Waals surface area contributed by atoms with Crippen LogP contribution in [0.15, 0.2) is 17.1 Å². The fourth-order valence-corrected chi connectivity index (χ4v) is 1.33. The van der Waals surface area contributed by atoms with E-state index in [4.69, 9.17) is 4.74 Å². The van der Waals surface area contributed by atoms with Gasteiger partial charge in [0.05, 0.1) is 12.3 Å². The number of aromatic amines is 1. The van der Waals surface area contributed by atoms with Crippen LogP contribution < -0.4 is 10.2 Å². The standard InChI is InChI=1S/C13H16F3NO4/c1-8(2)3-4-20-11-6-17-9(5-10(11)18)7-21-12(19)13(14,15)16/h5-6,8H,3-4,7H2,1-2H3,(H,17,18). The number of hydrogen-bond acceptors (Lipinski definition) is 4. The van der Waals surface area contributed by atoms with Gasteiger partial charge in [-0.25, -0.2) is 4.79 Å². The zero-order valence-corrected chi connectivity index (χ0v) is 11.6. The normalized spacial score (nSPS) is 11.5. The van der Waals surface area contributed by atoms with E-state index in [0.717, 1.165) is 12.5 Å². The zero-order chi connectivity index (χ0) is 16.0. The van der Waals surface area contributed by atoms with Crippen molar-refractivity contribution >= 4 is 5.97 Å². The quantitative estimate of drug-likeness (QED) is 0.819. The lowest BCUT2D eigenvalue weighted by atomic mass is 10.1. The second-order valence-corrected chi connectivity index (χ2v) is 4.79. The predicted molar refractivity (Wildman–Crippen MR) is 67.9 cm³/mol. The van der Waals surface area contributed by atoms with Crippen molar-refractivity contribution in [2.24, 2.45) is 5.92 Å². The van der Waals surface area contributed by atoms with E-state index >= 15 is 0 Å². The molecule has 0 spiro atoms. The third kappa shape index (κ3) is 5.88. The van der Waals surface area contributed by atoms with E-state index in [9.17, 15) is 22.8 Å². The van der Waals surface area contributed by atoms with Gasteiger partial charge in [0.2, 0.25) is 5.43 Å². The highest BCUT2D eigenvalue weighted by molar-refractivity contribution is 5.75. The molecule has 118 valence electrons. The molecule has 0 unspecified atom stereocenters. The van der Waals surface area contributed by atoms with E-state index in [1.165, 1.54) is 6.20 Å². The number of nitrogens with one attached hydrogen (secondary N) is 1. The van der Waals surface area contributed by atoms with Gasteiger partial charge < -0.3 is 14.5 Å². The van der Waals surface area contributed by atoms with Crippen molar-refractivity contribution in [3.63, 3.8) is 0 Å². The molecule has 1 rings (SSSR count). The van der Waals surface area contributed by atoms with Crippen molar-refractivity contribution < 1.29 is 27.4 Å². The highest BCUT2D eigenvalue weighted by Gasteiger charge is 2.40. The first-order valence-corrected chi connectivity index (χ1v) is 6.28. The average molecular weight is 307 g/mol. The molecule has 0 bridgehead atoms. The van der Waals surface area contributed by atoms with Crippen molar-refractivity contribution in [3.8, 4) is 5.75 Å². The highest BCUT2D eigenvalue weighted by Crippen LogP contribution is 2.17. The summed E-state index contributed by atoms with van der Waals surface area (Å²) in [7, 11) is 0. The molecule has 1 aromatic rings. The molecule has 0 aliphatic heterocycles. The molecule has 0 atom stereocenters. The van der Waals surface area contributed by atoms with Crippen LogP contribution in [0.5, 0.6) is 5.75 Å². The maximum absolute atomic E-state index is 11.9. The highest BCUT2D eigenvalue weighted by atomic mass is 19.4. The molecule has 0 amide bonds. The van der Waals surface area contributed by atoms with E-state index in [-0.39, 0.29) is 11.4 Å². The van der Waals surface area contributed by atoms with Crippen LogP contribution in [0.2, 0.25) is 0 Å². The van der Waals surface area contributed by atoms with E-state index in [0.29, 0.717) is 12.5 Å². The summed E-state index contributed by atoms with van der Waals surface area (Å²) in [5.74, 6) is -1.81.